The summed E-state index contributed by atoms with van der Waals surface area (Å²) in [6.07, 6.45) is 3.88. The number of nitrogens with zero attached hydrogens (tertiary/aromatic N) is 3. The maximum atomic E-state index is 14.5. The molecule has 2 heterocycles. The number of anilines is 1. The van der Waals surface area contributed by atoms with Gasteiger partial charge in [0.05, 0.1) is 23.5 Å². The van der Waals surface area contributed by atoms with Gasteiger partial charge in [0.25, 0.3) is 0 Å². The summed E-state index contributed by atoms with van der Waals surface area (Å²) in [5.74, 6) is 5.23. The fourth-order valence-electron chi connectivity index (χ4n) is 2.91. The van der Waals surface area contributed by atoms with E-state index < -0.39 is 5.82 Å². The first-order valence-corrected chi connectivity index (χ1v) is 8.05. The quantitative estimate of drug-likeness (QED) is 0.621. The Morgan fingerprint density at radius 2 is 1.88 bits per heavy atom. The van der Waals surface area contributed by atoms with Crippen molar-refractivity contribution in [2.45, 2.75) is 26.1 Å². The van der Waals surface area contributed by atoms with E-state index in [9.17, 15) is 9.18 Å². The molecule has 25 heavy (non-hydrogen) atoms. The van der Waals surface area contributed by atoms with Crippen LogP contribution in [-0.2, 0) is 4.74 Å². The molecule has 0 amide bonds. The van der Waals surface area contributed by atoms with Gasteiger partial charge in [-0.2, -0.15) is 0 Å². The lowest BCUT2D eigenvalue weighted by atomic mass is 10.1. The highest BCUT2D eigenvalue weighted by atomic mass is 19.1. The Hall–Kier alpha value is -2.78. The number of aldehydes is 1. The predicted molar refractivity (Wildman–Crippen MR) is 92.0 cm³/mol. The summed E-state index contributed by atoms with van der Waals surface area (Å²) in [5, 5.41) is 0. The Bertz CT molecular complexity index is 820. The van der Waals surface area contributed by atoms with Gasteiger partial charge in [0.1, 0.15) is 5.82 Å². The third-order valence-corrected chi connectivity index (χ3v) is 3.88. The van der Waals surface area contributed by atoms with Crippen molar-refractivity contribution in [3.63, 3.8) is 0 Å². The van der Waals surface area contributed by atoms with Crippen molar-refractivity contribution in [1.82, 2.24) is 9.97 Å². The number of halogens is 1. The fraction of sp³-hybridized carbons (Fsp3) is 0.316. The Morgan fingerprint density at radius 1 is 1.20 bits per heavy atom. The topological polar surface area (TPSA) is 55.3 Å². The molecule has 1 aromatic heterocycles. The van der Waals surface area contributed by atoms with Crippen LogP contribution in [0.2, 0.25) is 0 Å². The van der Waals surface area contributed by atoms with Crippen LogP contribution in [0.1, 0.15) is 35.6 Å². The minimum absolute atomic E-state index is 0.0148. The molecule has 0 bridgehead atoms. The SMILES string of the molecule is C[C@@H]1CN(c2cc(F)c(C#Cc3ncccn3)cc2C=O)C[C@H](C)O1. The molecule has 1 saturated heterocycles. The number of carbonyl (C=O) groups excluding carboxylic acids is 1. The van der Waals surface area contributed by atoms with Crippen LogP contribution < -0.4 is 4.90 Å². The molecule has 0 aliphatic carbocycles. The van der Waals surface area contributed by atoms with Gasteiger partial charge in [-0.1, -0.05) is 5.92 Å². The minimum atomic E-state index is -0.476. The smallest absolute Gasteiger partial charge is 0.205 e. The van der Waals surface area contributed by atoms with Crippen molar-refractivity contribution >= 4 is 12.0 Å². The van der Waals surface area contributed by atoms with E-state index in [1.54, 1.807) is 18.5 Å². The number of morpholine rings is 1. The molecule has 5 nitrogen and oxygen atoms in total. The van der Waals surface area contributed by atoms with E-state index in [-0.39, 0.29) is 17.8 Å². The Labute approximate surface area is 145 Å². The summed E-state index contributed by atoms with van der Waals surface area (Å²) < 4.78 is 20.2. The minimum Gasteiger partial charge on any atom is -0.372 e. The average molecular weight is 339 g/mol. The number of rotatable bonds is 2. The summed E-state index contributed by atoms with van der Waals surface area (Å²) in [7, 11) is 0. The number of hydrogen-bond donors (Lipinski definition) is 0. The lowest BCUT2D eigenvalue weighted by molar-refractivity contribution is -0.00527. The van der Waals surface area contributed by atoms with Gasteiger partial charge in [0.15, 0.2) is 6.29 Å². The first kappa shape index (κ1) is 17.1. The molecule has 1 aliphatic heterocycles. The van der Waals surface area contributed by atoms with E-state index in [0.717, 1.165) is 6.29 Å². The van der Waals surface area contributed by atoms with Crippen LogP contribution in [0, 0.1) is 17.7 Å². The van der Waals surface area contributed by atoms with Gasteiger partial charge in [-0.05, 0) is 38.0 Å². The van der Waals surface area contributed by atoms with E-state index in [2.05, 4.69) is 21.8 Å². The Morgan fingerprint density at radius 3 is 2.52 bits per heavy atom. The zero-order valence-corrected chi connectivity index (χ0v) is 14.1. The summed E-state index contributed by atoms with van der Waals surface area (Å²) in [4.78, 5) is 21.4. The van der Waals surface area contributed by atoms with Gasteiger partial charge in [-0.25, -0.2) is 14.4 Å². The van der Waals surface area contributed by atoms with Crippen molar-refractivity contribution in [2.24, 2.45) is 0 Å². The van der Waals surface area contributed by atoms with Crippen molar-refractivity contribution in [3.8, 4) is 11.8 Å². The number of benzene rings is 1. The fourth-order valence-corrected chi connectivity index (χ4v) is 2.91. The van der Waals surface area contributed by atoms with E-state index in [1.807, 2.05) is 18.7 Å². The van der Waals surface area contributed by atoms with Crippen LogP contribution in [-0.4, -0.2) is 41.6 Å². The van der Waals surface area contributed by atoms with E-state index >= 15 is 0 Å². The van der Waals surface area contributed by atoms with Crippen molar-refractivity contribution < 1.29 is 13.9 Å². The Kier molecular flexibility index (Phi) is 5.05. The van der Waals surface area contributed by atoms with E-state index in [4.69, 9.17) is 4.74 Å². The molecular formula is C19H18FN3O2. The molecular weight excluding hydrogens is 321 g/mol. The number of aromatic nitrogens is 2. The third kappa shape index (κ3) is 4.01. The van der Waals surface area contributed by atoms with Gasteiger partial charge in [0.2, 0.25) is 5.82 Å². The first-order valence-electron chi connectivity index (χ1n) is 8.05. The number of hydrogen-bond acceptors (Lipinski definition) is 5. The molecule has 0 N–H and O–H groups in total. The summed E-state index contributed by atoms with van der Waals surface area (Å²) in [6, 6.07) is 4.51. The molecule has 1 fully saturated rings. The van der Waals surface area contributed by atoms with Gasteiger partial charge in [-0.15, -0.1) is 0 Å². The first-order chi connectivity index (χ1) is 12.1. The molecule has 0 unspecified atom stereocenters. The summed E-state index contributed by atoms with van der Waals surface area (Å²) >= 11 is 0. The van der Waals surface area contributed by atoms with Crippen molar-refractivity contribution in [3.05, 3.63) is 53.4 Å². The second kappa shape index (κ2) is 7.41. The molecule has 1 aromatic carbocycles. The van der Waals surface area contributed by atoms with Crippen LogP contribution in [0.4, 0.5) is 10.1 Å². The van der Waals surface area contributed by atoms with Crippen LogP contribution in [0.15, 0.2) is 30.6 Å². The molecule has 0 spiro atoms. The summed E-state index contributed by atoms with van der Waals surface area (Å²) in [5.41, 5.74) is 1.12. The lowest BCUT2D eigenvalue weighted by Gasteiger charge is -2.37. The number of ether oxygens (including phenoxy) is 1. The van der Waals surface area contributed by atoms with Crippen molar-refractivity contribution in [2.75, 3.05) is 18.0 Å². The second-order valence-corrected chi connectivity index (χ2v) is 5.99. The highest BCUT2D eigenvalue weighted by Gasteiger charge is 2.24. The van der Waals surface area contributed by atoms with Crippen molar-refractivity contribution in [1.29, 1.82) is 0 Å². The second-order valence-electron chi connectivity index (χ2n) is 5.99. The van der Waals surface area contributed by atoms with Crippen LogP contribution in [0.3, 0.4) is 0 Å². The third-order valence-electron chi connectivity index (χ3n) is 3.88. The van der Waals surface area contributed by atoms with Crippen LogP contribution >= 0.6 is 0 Å². The van der Waals surface area contributed by atoms with E-state index in [0.29, 0.717) is 30.2 Å². The van der Waals surface area contributed by atoms with Gasteiger partial charge in [-0.3, -0.25) is 4.79 Å². The average Bonchev–Trinajstić information content (AvgIpc) is 2.60. The molecule has 0 radical (unpaired) electrons. The maximum absolute atomic E-state index is 14.5. The highest BCUT2D eigenvalue weighted by Crippen LogP contribution is 2.26. The molecule has 3 rings (SSSR count). The standard InChI is InChI=1S/C19H18FN3O2/c1-13-10-23(11-14(2)25-13)18-9-17(20)15(8-16(18)12-24)4-5-19-21-6-3-7-22-19/h3,6-9,12-14H,10-11H2,1-2H3/t13-,14+. The summed E-state index contributed by atoms with van der Waals surface area (Å²) in [6.45, 7) is 5.12. The molecule has 128 valence electrons. The molecule has 0 saturated carbocycles. The normalized spacial score (nSPS) is 19.9. The lowest BCUT2D eigenvalue weighted by Crippen LogP contribution is -2.45. The van der Waals surface area contributed by atoms with Gasteiger partial charge in [0, 0.05) is 31.0 Å². The van der Waals surface area contributed by atoms with Gasteiger partial charge >= 0.3 is 0 Å². The van der Waals surface area contributed by atoms with Gasteiger partial charge < -0.3 is 9.64 Å². The maximum Gasteiger partial charge on any atom is 0.205 e. The Balaban J connectivity index is 1.94. The predicted octanol–water partition coefficient (Wildman–Crippen LogP) is 2.44. The molecule has 2 aromatic rings. The molecule has 2 atom stereocenters. The molecule has 6 heteroatoms. The largest absolute Gasteiger partial charge is 0.372 e. The monoisotopic (exact) mass is 339 g/mol. The van der Waals surface area contributed by atoms with Crippen LogP contribution in [0.5, 0.6) is 0 Å². The van der Waals surface area contributed by atoms with Crippen LogP contribution in [0.25, 0.3) is 0 Å². The number of carbonyl (C=O) groups is 1. The zero-order valence-electron chi connectivity index (χ0n) is 14.1. The highest BCUT2D eigenvalue weighted by molar-refractivity contribution is 5.85. The van der Waals surface area contributed by atoms with E-state index in [1.165, 1.54) is 12.1 Å². The molecule has 1 aliphatic rings. The zero-order chi connectivity index (χ0) is 17.8.